The molecule has 2 heterocycles. The highest BCUT2D eigenvalue weighted by Gasteiger charge is 2.31. The van der Waals surface area contributed by atoms with Gasteiger partial charge in [0.2, 0.25) is 0 Å². The van der Waals surface area contributed by atoms with Crippen LogP contribution in [0.2, 0.25) is 0 Å². The summed E-state index contributed by atoms with van der Waals surface area (Å²) in [4.78, 5) is 2.78. The maximum absolute atomic E-state index is 3.78. The van der Waals surface area contributed by atoms with Crippen LogP contribution in [0.25, 0.3) is 0 Å². The molecule has 2 aliphatic heterocycles. The SMILES string of the molecule is CCCC(CCC)N1CCC2CCC(C1)N2. The van der Waals surface area contributed by atoms with Crippen molar-refractivity contribution in [3.8, 4) is 0 Å². The summed E-state index contributed by atoms with van der Waals surface area (Å²) < 4.78 is 0. The lowest BCUT2D eigenvalue weighted by Gasteiger charge is -2.32. The van der Waals surface area contributed by atoms with E-state index in [9.17, 15) is 0 Å². The molecule has 2 nitrogen and oxygen atoms in total. The first-order valence-electron chi connectivity index (χ1n) is 7.33. The Labute approximate surface area is 101 Å². The van der Waals surface area contributed by atoms with Gasteiger partial charge in [-0.3, -0.25) is 4.90 Å². The Hall–Kier alpha value is -0.0800. The molecule has 0 aromatic rings. The van der Waals surface area contributed by atoms with Crippen LogP contribution < -0.4 is 5.32 Å². The van der Waals surface area contributed by atoms with Gasteiger partial charge in [0.25, 0.3) is 0 Å². The van der Waals surface area contributed by atoms with Crippen LogP contribution in [0.4, 0.5) is 0 Å². The van der Waals surface area contributed by atoms with E-state index in [1.54, 1.807) is 0 Å². The van der Waals surface area contributed by atoms with Gasteiger partial charge in [-0.25, -0.2) is 0 Å². The number of fused-ring (bicyclic) bond motifs is 2. The molecule has 1 N–H and O–H groups in total. The Morgan fingerprint density at radius 3 is 2.44 bits per heavy atom. The summed E-state index contributed by atoms with van der Waals surface area (Å²) in [6, 6.07) is 2.48. The van der Waals surface area contributed by atoms with Gasteiger partial charge in [0.1, 0.15) is 0 Å². The highest BCUT2D eigenvalue weighted by molar-refractivity contribution is 4.91. The molecule has 0 aliphatic carbocycles. The number of likely N-dealkylation sites (tertiary alicyclic amines) is 1. The van der Waals surface area contributed by atoms with Crippen LogP contribution >= 0.6 is 0 Å². The lowest BCUT2D eigenvalue weighted by molar-refractivity contribution is 0.167. The highest BCUT2D eigenvalue weighted by Crippen LogP contribution is 2.24. The number of hydrogen-bond acceptors (Lipinski definition) is 2. The molecule has 2 rings (SSSR count). The topological polar surface area (TPSA) is 15.3 Å². The smallest absolute Gasteiger partial charge is 0.0198 e. The molecular weight excluding hydrogens is 196 g/mol. The van der Waals surface area contributed by atoms with E-state index in [2.05, 4.69) is 24.1 Å². The summed E-state index contributed by atoms with van der Waals surface area (Å²) in [5.41, 5.74) is 0. The molecule has 2 heteroatoms. The van der Waals surface area contributed by atoms with Crippen LogP contribution in [-0.2, 0) is 0 Å². The number of nitrogens with one attached hydrogen (secondary N) is 1. The largest absolute Gasteiger partial charge is 0.310 e. The van der Waals surface area contributed by atoms with Gasteiger partial charge in [-0.15, -0.1) is 0 Å². The average molecular weight is 224 g/mol. The van der Waals surface area contributed by atoms with Gasteiger partial charge >= 0.3 is 0 Å². The van der Waals surface area contributed by atoms with Crippen molar-refractivity contribution in [2.45, 2.75) is 76.9 Å². The minimum absolute atomic E-state index is 0.795. The molecule has 0 spiro atoms. The molecule has 2 bridgehead atoms. The zero-order valence-electron chi connectivity index (χ0n) is 11.0. The molecule has 2 saturated heterocycles. The van der Waals surface area contributed by atoms with Gasteiger partial charge in [0.05, 0.1) is 0 Å². The van der Waals surface area contributed by atoms with Crippen LogP contribution in [0.1, 0.15) is 58.8 Å². The monoisotopic (exact) mass is 224 g/mol. The second-order valence-electron chi connectivity index (χ2n) is 5.65. The van der Waals surface area contributed by atoms with Crippen molar-refractivity contribution in [3.05, 3.63) is 0 Å². The third-order valence-electron chi connectivity index (χ3n) is 4.31. The van der Waals surface area contributed by atoms with Gasteiger partial charge < -0.3 is 5.32 Å². The summed E-state index contributed by atoms with van der Waals surface area (Å²) in [7, 11) is 0. The first-order chi connectivity index (χ1) is 7.83. The third-order valence-corrected chi connectivity index (χ3v) is 4.31. The van der Waals surface area contributed by atoms with E-state index < -0.39 is 0 Å². The van der Waals surface area contributed by atoms with Crippen molar-refractivity contribution in [1.29, 1.82) is 0 Å². The Bertz CT molecular complexity index is 199. The van der Waals surface area contributed by atoms with E-state index in [1.807, 2.05) is 0 Å². The molecule has 2 aliphatic rings. The van der Waals surface area contributed by atoms with E-state index >= 15 is 0 Å². The highest BCUT2D eigenvalue weighted by atomic mass is 15.2. The van der Waals surface area contributed by atoms with Crippen molar-refractivity contribution in [2.75, 3.05) is 13.1 Å². The Morgan fingerprint density at radius 2 is 1.75 bits per heavy atom. The van der Waals surface area contributed by atoms with Gasteiger partial charge in [0.15, 0.2) is 0 Å². The Morgan fingerprint density at radius 1 is 1.06 bits per heavy atom. The fourth-order valence-corrected chi connectivity index (χ4v) is 3.48. The van der Waals surface area contributed by atoms with Crippen molar-refractivity contribution in [2.24, 2.45) is 0 Å². The quantitative estimate of drug-likeness (QED) is 0.772. The molecule has 2 unspecified atom stereocenters. The average Bonchev–Trinajstić information content (AvgIpc) is 2.58. The second-order valence-corrected chi connectivity index (χ2v) is 5.65. The Balaban J connectivity index is 1.90. The Kier molecular flexibility index (Phi) is 4.66. The number of rotatable bonds is 5. The van der Waals surface area contributed by atoms with E-state index in [1.165, 1.54) is 58.0 Å². The normalized spacial score (nSPS) is 30.9. The number of nitrogens with zero attached hydrogens (tertiary/aromatic N) is 1. The molecule has 2 atom stereocenters. The maximum atomic E-state index is 3.78. The minimum atomic E-state index is 0.795. The fraction of sp³-hybridized carbons (Fsp3) is 1.00. The van der Waals surface area contributed by atoms with Crippen LogP contribution in [-0.4, -0.2) is 36.1 Å². The van der Waals surface area contributed by atoms with Crippen LogP contribution in [0.5, 0.6) is 0 Å². The predicted octanol–water partition coefficient (Wildman–Crippen LogP) is 2.78. The van der Waals surface area contributed by atoms with E-state index in [0.717, 1.165) is 18.1 Å². The van der Waals surface area contributed by atoms with Gasteiger partial charge in [-0.05, 0) is 38.6 Å². The van der Waals surface area contributed by atoms with Crippen molar-refractivity contribution in [3.63, 3.8) is 0 Å². The third kappa shape index (κ3) is 2.98. The van der Waals surface area contributed by atoms with Crippen LogP contribution in [0.15, 0.2) is 0 Å². The molecule has 0 amide bonds. The summed E-state index contributed by atoms with van der Waals surface area (Å²) in [6.07, 6.45) is 9.67. The summed E-state index contributed by atoms with van der Waals surface area (Å²) in [6.45, 7) is 7.29. The van der Waals surface area contributed by atoms with Crippen molar-refractivity contribution in [1.82, 2.24) is 10.2 Å². The second kappa shape index (κ2) is 6.02. The fourth-order valence-electron chi connectivity index (χ4n) is 3.48. The molecule has 16 heavy (non-hydrogen) atoms. The van der Waals surface area contributed by atoms with Crippen molar-refractivity contribution >= 4 is 0 Å². The molecule has 94 valence electrons. The molecule has 0 aromatic carbocycles. The summed E-state index contributed by atoms with van der Waals surface area (Å²) in [5.74, 6) is 0. The van der Waals surface area contributed by atoms with Crippen LogP contribution in [0.3, 0.4) is 0 Å². The summed E-state index contributed by atoms with van der Waals surface area (Å²) >= 11 is 0. The first-order valence-corrected chi connectivity index (χ1v) is 7.33. The van der Waals surface area contributed by atoms with Gasteiger partial charge in [-0.1, -0.05) is 26.7 Å². The van der Waals surface area contributed by atoms with Crippen LogP contribution in [0, 0.1) is 0 Å². The minimum Gasteiger partial charge on any atom is -0.310 e. The number of hydrogen-bond donors (Lipinski definition) is 1. The van der Waals surface area contributed by atoms with E-state index in [-0.39, 0.29) is 0 Å². The molecule has 0 radical (unpaired) electrons. The molecular formula is C14H28N2. The lowest BCUT2D eigenvalue weighted by atomic mass is 10.0. The lowest BCUT2D eigenvalue weighted by Crippen LogP contribution is -2.41. The zero-order valence-corrected chi connectivity index (χ0v) is 11.0. The molecule has 2 fully saturated rings. The zero-order chi connectivity index (χ0) is 11.4. The molecule has 0 aromatic heterocycles. The van der Waals surface area contributed by atoms with Gasteiger partial charge in [0, 0.05) is 24.7 Å². The maximum Gasteiger partial charge on any atom is 0.0198 e. The van der Waals surface area contributed by atoms with E-state index in [4.69, 9.17) is 0 Å². The van der Waals surface area contributed by atoms with E-state index in [0.29, 0.717) is 0 Å². The predicted molar refractivity (Wildman–Crippen MR) is 69.7 cm³/mol. The van der Waals surface area contributed by atoms with Gasteiger partial charge in [-0.2, -0.15) is 0 Å². The van der Waals surface area contributed by atoms with Crippen molar-refractivity contribution < 1.29 is 0 Å². The summed E-state index contributed by atoms with van der Waals surface area (Å²) in [5, 5.41) is 3.78. The molecule has 0 saturated carbocycles. The first kappa shape index (κ1) is 12.4. The standard InChI is InChI=1S/C14H28N2/c1-3-5-14(6-4-2)16-10-9-12-7-8-13(11-16)15-12/h12-15H,3-11H2,1-2H3.